The Morgan fingerprint density at radius 2 is 1.74 bits per heavy atom. The number of hydrogen-bond donors (Lipinski definition) is 1. The average molecular weight is 370 g/mol. The van der Waals surface area contributed by atoms with Crippen molar-refractivity contribution < 1.29 is 13.6 Å². The molecule has 4 rings (SSSR count). The molecular weight excluding hydrogens is 343 g/mol. The number of nitrogens with zero attached hydrogens (tertiary/aromatic N) is 1. The Hall–Kier alpha value is -2.14. The quantitative estimate of drug-likeness (QED) is 0.845. The normalized spacial score (nSPS) is 19.4. The number of halogens is 1. The molecule has 144 valence electrons. The molecule has 1 aromatic carbocycles. The van der Waals surface area contributed by atoms with E-state index in [-0.39, 0.29) is 17.8 Å². The summed E-state index contributed by atoms with van der Waals surface area (Å²) < 4.78 is 18.7. The fourth-order valence-electron chi connectivity index (χ4n) is 4.30. The molecule has 1 N–H and O–H groups in total. The molecular formula is C22H27FN2O2. The highest BCUT2D eigenvalue weighted by atomic mass is 19.1. The SMILES string of the molecule is O=C(NC1CCN(CC2CCCC2)CC1)c1ccc(-c2ccc(F)cc2)o1. The van der Waals surface area contributed by atoms with Gasteiger partial charge in [-0.05, 0) is 68.0 Å². The number of carbonyl (C=O) groups is 1. The molecule has 1 amide bonds. The predicted octanol–water partition coefficient (Wildman–Crippen LogP) is 4.47. The number of amides is 1. The molecule has 2 aliphatic rings. The summed E-state index contributed by atoms with van der Waals surface area (Å²) in [5.74, 6) is 1.30. The second-order valence-corrected chi connectivity index (χ2v) is 7.87. The number of nitrogens with one attached hydrogen (secondary N) is 1. The molecule has 5 heteroatoms. The molecule has 0 radical (unpaired) electrons. The van der Waals surface area contributed by atoms with E-state index in [1.165, 1.54) is 44.4 Å². The molecule has 4 nitrogen and oxygen atoms in total. The summed E-state index contributed by atoms with van der Waals surface area (Å²) in [7, 11) is 0. The first-order chi connectivity index (χ1) is 13.2. The van der Waals surface area contributed by atoms with E-state index in [2.05, 4.69) is 10.2 Å². The molecule has 1 aliphatic carbocycles. The maximum absolute atomic E-state index is 13.0. The highest BCUT2D eigenvalue weighted by molar-refractivity contribution is 5.92. The molecule has 0 spiro atoms. The number of carbonyl (C=O) groups excluding carboxylic acids is 1. The fraction of sp³-hybridized carbons (Fsp3) is 0.500. The van der Waals surface area contributed by atoms with Gasteiger partial charge in [-0.2, -0.15) is 0 Å². The van der Waals surface area contributed by atoms with Crippen molar-refractivity contribution in [1.82, 2.24) is 10.2 Å². The van der Waals surface area contributed by atoms with Crippen LogP contribution in [0.1, 0.15) is 49.1 Å². The number of piperidine rings is 1. The van der Waals surface area contributed by atoms with E-state index in [0.717, 1.165) is 37.4 Å². The molecule has 0 atom stereocenters. The van der Waals surface area contributed by atoms with Crippen molar-refractivity contribution in [2.75, 3.05) is 19.6 Å². The monoisotopic (exact) mass is 370 g/mol. The summed E-state index contributed by atoms with van der Waals surface area (Å²) in [6.45, 7) is 3.33. The number of likely N-dealkylation sites (tertiary alicyclic amines) is 1. The van der Waals surface area contributed by atoms with Crippen LogP contribution in [-0.4, -0.2) is 36.5 Å². The van der Waals surface area contributed by atoms with Gasteiger partial charge in [0.15, 0.2) is 5.76 Å². The van der Waals surface area contributed by atoms with Crippen molar-refractivity contribution in [3.05, 3.63) is 48.0 Å². The van der Waals surface area contributed by atoms with Crippen LogP contribution >= 0.6 is 0 Å². The van der Waals surface area contributed by atoms with E-state index in [9.17, 15) is 9.18 Å². The zero-order chi connectivity index (χ0) is 18.6. The Morgan fingerprint density at radius 3 is 2.44 bits per heavy atom. The van der Waals surface area contributed by atoms with Crippen LogP contribution in [0.15, 0.2) is 40.8 Å². The van der Waals surface area contributed by atoms with Gasteiger partial charge >= 0.3 is 0 Å². The number of furan rings is 1. The fourth-order valence-corrected chi connectivity index (χ4v) is 4.30. The average Bonchev–Trinajstić information content (AvgIpc) is 3.36. The van der Waals surface area contributed by atoms with Crippen LogP contribution in [-0.2, 0) is 0 Å². The van der Waals surface area contributed by atoms with Crippen molar-refractivity contribution in [1.29, 1.82) is 0 Å². The van der Waals surface area contributed by atoms with Gasteiger partial charge in [-0.3, -0.25) is 4.79 Å². The van der Waals surface area contributed by atoms with Crippen LogP contribution in [0.2, 0.25) is 0 Å². The first kappa shape index (κ1) is 18.2. The second-order valence-electron chi connectivity index (χ2n) is 7.87. The smallest absolute Gasteiger partial charge is 0.287 e. The van der Waals surface area contributed by atoms with Gasteiger partial charge in [-0.25, -0.2) is 4.39 Å². The minimum Gasteiger partial charge on any atom is -0.451 e. The van der Waals surface area contributed by atoms with Crippen LogP contribution in [0.5, 0.6) is 0 Å². The van der Waals surface area contributed by atoms with E-state index in [4.69, 9.17) is 4.42 Å². The summed E-state index contributed by atoms with van der Waals surface area (Å²) in [6, 6.07) is 9.71. The van der Waals surface area contributed by atoms with Crippen LogP contribution in [0.3, 0.4) is 0 Å². The van der Waals surface area contributed by atoms with Gasteiger partial charge in [0.05, 0.1) is 0 Å². The van der Waals surface area contributed by atoms with E-state index >= 15 is 0 Å². The molecule has 1 aliphatic heterocycles. The lowest BCUT2D eigenvalue weighted by Gasteiger charge is -2.33. The number of hydrogen-bond acceptors (Lipinski definition) is 3. The maximum Gasteiger partial charge on any atom is 0.287 e. The third kappa shape index (κ3) is 4.59. The Labute approximate surface area is 159 Å². The summed E-state index contributed by atoms with van der Waals surface area (Å²) >= 11 is 0. The highest BCUT2D eigenvalue weighted by Gasteiger charge is 2.25. The highest BCUT2D eigenvalue weighted by Crippen LogP contribution is 2.27. The zero-order valence-electron chi connectivity index (χ0n) is 15.6. The van der Waals surface area contributed by atoms with Crippen LogP contribution in [0.4, 0.5) is 4.39 Å². The molecule has 2 heterocycles. The van der Waals surface area contributed by atoms with Gasteiger partial charge in [0, 0.05) is 31.2 Å². The lowest BCUT2D eigenvalue weighted by Crippen LogP contribution is -2.45. The minimum atomic E-state index is -0.289. The number of benzene rings is 1. The van der Waals surface area contributed by atoms with Crippen molar-refractivity contribution >= 4 is 5.91 Å². The zero-order valence-corrected chi connectivity index (χ0v) is 15.6. The lowest BCUT2D eigenvalue weighted by atomic mass is 10.0. The van der Waals surface area contributed by atoms with Crippen molar-refractivity contribution in [3.63, 3.8) is 0 Å². The van der Waals surface area contributed by atoms with E-state index in [1.807, 2.05) is 0 Å². The Balaban J connectivity index is 1.28. The third-order valence-corrected chi connectivity index (χ3v) is 5.87. The van der Waals surface area contributed by atoms with Gasteiger partial charge in [-0.1, -0.05) is 12.8 Å². The lowest BCUT2D eigenvalue weighted by molar-refractivity contribution is 0.0879. The van der Waals surface area contributed by atoms with Crippen LogP contribution in [0, 0.1) is 11.7 Å². The molecule has 2 fully saturated rings. The maximum atomic E-state index is 13.0. The van der Waals surface area contributed by atoms with Crippen molar-refractivity contribution in [3.8, 4) is 11.3 Å². The van der Waals surface area contributed by atoms with E-state index in [0.29, 0.717) is 11.5 Å². The molecule has 1 aromatic heterocycles. The van der Waals surface area contributed by atoms with Gasteiger partial charge in [0.1, 0.15) is 11.6 Å². The van der Waals surface area contributed by atoms with Gasteiger partial charge in [0.25, 0.3) is 5.91 Å². The molecule has 2 aromatic rings. The minimum absolute atomic E-state index is 0.169. The van der Waals surface area contributed by atoms with Gasteiger partial charge in [-0.15, -0.1) is 0 Å². The van der Waals surface area contributed by atoms with Crippen molar-refractivity contribution in [2.24, 2.45) is 5.92 Å². The summed E-state index contributed by atoms with van der Waals surface area (Å²) in [4.78, 5) is 15.0. The van der Waals surface area contributed by atoms with Gasteiger partial charge < -0.3 is 14.6 Å². The summed E-state index contributed by atoms with van der Waals surface area (Å²) in [5.41, 5.74) is 0.760. The van der Waals surface area contributed by atoms with Crippen LogP contribution < -0.4 is 5.32 Å². The molecule has 27 heavy (non-hydrogen) atoms. The second kappa shape index (κ2) is 8.26. The van der Waals surface area contributed by atoms with E-state index < -0.39 is 0 Å². The molecule has 0 bridgehead atoms. The van der Waals surface area contributed by atoms with E-state index in [1.54, 1.807) is 24.3 Å². The molecule has 1 saturated heterocycles. The Bertz CT molecular complexity index is 757. The molecule has 1 saturated carbocycles. The Kier molecular flexibility index (Phi) is 5.58. The first-order valence-electron chi connectivity index (χ1n) is 10.1. The first-order valence-corrected chi connectivity index (χ1v) is 10.1. The predicted molar refractivity (Wildman–Crippen MR) is 103 cm³/mol. The Morgan fingerprint density at radius 1 is 1.04 bits per heavy atom. The third-order valence-electron chi connectivity index (χ3n) is 5.87. The molecule has 0 unspecified atom stereocenters. The number of rotatable bonds is 5. The van der Waals surface area contributed by atoms with Gasteiger partial charge in [0.2, 0.25) is 0 Å². The summed E-state index contributed by atoms with van der Waals surface area (Å²) in [5, 5.41) is 3.10. The van der Waals surface area contributed by atoms with Crippen molar-refractivity contribution in [2.45, 2.75) is 44.6 Å². The topological polar surface area (TPSA) is 45.5 Å². The van der Waals surface area contributed by atoms with Crippen LogP contribution in [0.25, 0.3) is 11.3 Å². The largest absolute Gasteiger partial charge is 0.451 e. The summed E-state index contributed by atoms with van der Waals surface area (Å²) in [6.07, 6.45) is 7.52. The standard InChI is InChI=1S/C22H27FN2O2/c23-18-7-5-17(6-8-18)20-9-10-21(27-20)22(26)24-19-11-13-25(14-12-19)15-16-3-1-2-4-16/h5-10,16,19H,1-4,11-15H2,(H,24,26).